The molecule has 3 aromatic rings. The molecule has 2 aromatic carbocycles. The number of halogens is 1. The molecule has 0 aliphatic carbocycles. The number of nitrogens with zero attached hydrogens (tertiary/aromatic N) is 3. The van der Waals surface area contributed by atoms with E-state index in [4.69, 9.17) is 11.6 Å². The fourth-order valence-corrected chi connectivity index (χ4v) is 6.00. The molecule has 2 heterocycles. The van der Waals surface area contributed by atoms with Gasteiger partial charge in [-0.15, -0.1) is 10.2 Å². The number of aromatic nitrogens is 2. The molecule has 30 heavy (non-hydrogen) atoms. The molecule has 7 nitrogen and oxygen atoms in total. The molecular weight excluding hydrogens is 444 g/mol. The molecule has 1 aliphatic heterocycles. The first kappa shape index (κ1) is 20.9. The Morgan fingerprint density at radius 2 is 1.80 bits per heavy atom. The van der Waals surface area contributed by atoms with Crippen LogP contribution in [-0.2, 0) is 10.0 Å². The zero-order valence-electron chi connectivity index (χ0n) is 15.9. The Bertz CT molecular complexity index is 1140. The third-order valence-electron chi connectivity index (χ3n) is 4.90. The Morgan fingerprint density at radius 1 is 1.07 bits per heavy atom. The summed E-state index contributed by atoms with van der Waals surface area (Å²) < 4.78 is 27.1. The van der Waals surface area contributed by atoms with Gasteiger partial charge in [-0.2, -0.15) is 4.31 Å². The Labute approximate surface area is 183 Å². The average molecular weight is 463 g/mol. The Balaban J connectivity index is 1.39. The summed E-state index contributed by atoms with van der Waals surface area (Å²) in [5, 5.41) is 12.4. The van der Waals surface area contributed by atoms with Gasteiger partial charge in [-0.3, -0.25) is 4.79 Å². The highest BCUT2D eigenvalue weighted by Gasteiger charge is 2.31. The SMILES string of the molecule is O=C(Nc1ccccc1)c1nnc(C2CCN(S(=O)(=O)c3cccc(Cl)c3)CC2)s1. The van der Waals surface area contributed by atoms with Crippen LogP contribution in [0.2, 0.25) is 5.02 Å². The summed E-state index contributed by atoms with van der Waals surface area (Å²) in [6.07, 6.45) is 1.24. The van der Waals surface area contributed by atoms with Gasteiger partial charge in [0.15, 0.2) is 0 Å². The van der Waals surface area contributed by atoms with Crippen LogP contribution in [0.1, 0.15) is 33.6 Å². The van der Waals surface area contributed by atoms with Crippen LogP contribution in [0.15, 0.2) is 59.5 Å². The largest absolute Gasteiger partial charge is 0.320 e. The van der Waals surface area contributed by atoms with Gasteiger partial charge < -0.3 is 5.32 Å². The second kappa shape index (κ2) is 8.81. The van der Waals surface area contributed by atoms with Gasteiger partial charge in [-0.05, 0) is 43.2 Å². The zero-order valence-corrected chi connectivity index (χ0v) is 18.3. The van der Waals surface area contributed by atoms with Crippen molar-refractivity contribution in [3.63, 3.8) is 0 Å². The van der Waals surface area contributed by atoms with Crippen molar-refractivity contribution in [2.24, 2.45) is 0 Å². The van der Waals surface area contributed by atoms with Gasteiger partial charge >= 0.3 is 0 Å². The molecule has 0 atom stereocenters. The first-order valence-corrected chi connectivity index (χ1v) is 12.0. The predicted molar refractivity (Wildman–Crippen MR) is 116 cm³/mol. The maximum absolute atomic E-state index is 12.8. The molecule has 1 amide bonds. The third kappa shape index (κ3) is 4.54. The van der Waals surface area contributed by atoms with Gasteiger partial charge in [0.05, 0.1) is 4.90 Å². The quantitative estimate of drug-likeness (QED) is 0.618. The number of benzene rings is 2. The monoisotopic (exact) mass is 462 g/mol. The predicted octanol–water partition coefficient (Wildman–Crippen LogP) is 4.01. The molecule has 156 valence electrons. The van der Waals surface area contributed by atoms with E-state index < -0.39 is 10.0 Å². The van der Waals surface area contributed by atoms with E-state index in [-0.39, 0.29) is 16.7 Å². The van der Waals surface area contributed by atoms with E-state index in [1.54, 1.807) is 30.3 Å². The van der Waals surface area contributed by atoms with E-state index in [1.807, 2.05) is 18.2 Å². The van der Waals surface area contributed by atoms with Gasteiger partial charge in [-0.25, -0.2) is 8.42 Å². The summed E-state index contributed by atoms with van der Waals surface area (Å²) >= 11 is 7.20. The van der Waals surface area contributed by atoms with Crippen molar-refractivity contribution in [1.29, 1.82) is 0 Å². The van der Waals surface area contributed by atoms with E-state index in [9.17, 15) is 13.2 Å². The van der Waals surface area contributed by atoms with Crippen molar-refractivity contribution >= 4 is 44.6 Å². The first-order valence-electron chi connectivity index (χ1n) is 9.39. The molecule has 1 aliphatic rings. The number of carbonyl (C=O) groups is 1. The average Bonchev–Trinajstić information content (AvgIpc) is 3.25. The second-order valence-electron chi connectivity index (χ2n) is 6.90. The van der Waals surface area contributed by atoms with Crippen LogP contribution in [-0.4, -0.2) is 41.9 Å². The summed E-state index contributed by atoms with van der Waals surface area (Å²) in [5.74, 6) is -0.225. The number of nitrogens with one attached hydrogen (secondary N) is 1. The smallest absolute Gasteiger partial charge is 0.286 e. The van der Waals surface area contributed by atoms with E-state index >= 15 is 0 Å². The van der Waals surface area contributed by atoms with Crippen LogP contribution in [0.4, 0.5) is 5.69 Å². The van der Waals surface area contributed by atoms with Crippen LogP contribution in [0.5, 0.6) is 0 Å². The standard InChI is InChI=1S/C20H19ClN4O3S2/c21-15-5-4-8-17(13-15)30(27,28)25-11-9-14(10-12-25)19-23-24-20(29-19)18(26)22-16-6-2-1-3-7-16/h1-8,13-14H,9-12H2,(H,22,26). The Morgan fingerprint density at radius 3 is 2.50 bits per heavy atom. The van der Waals surface area contributed by atoms with Gasteiger partial charge in [0, 0.05) is 29.7 Å². The lowest BCUT2D eigenvalue weighted by Crippen LogP contribution is -2.37. The summed E-state index contributed by atoms with van der Waals surface area (Å²) in [6.45, 7) is 0.759. The summed E-state index contributed by atoms with van der Waals surface area (Å²) in [7, 11) is -3.58. The maximum atomic E-state index is 12.8. The van der Waals surface area contributed by atoms with E-state index in [0.29, 0.717) is 41.6 Å². The van der Waals surface area contributed by atoms with Gasteiger partial charge in [0.1, 0.15) is 5.01 Å². The highest BCUT2D eigenvalue weighted by Crippen LogP contribution is 2.32. The minimum absolute atomic E-state index is 0.0755. The van der Waals surface area contributed by atoms with Crippen molar-refractivity contribution in [3.8, 4) is 0 Å². The van der Waals surface area contributed by atoms with Crippen molar-refractivity contribution in [2.45, 2.75) is 23.7 Å². The first-order chi connectivity index (χ1) is 14.4. The fourth-order valence-electron chi connectivity index (χ4n) is 3.32. The number of para-hydroxylation sites is 1. The summed E-state index contributed by atoms with van der Waals surface area (Å²) in [5.41, 5.74) is 0.693. The number of sulfonamides is 1. The summed E-state index contributed by atoms with van der Waals surface area (Å²) in [4.78, 5) is 12.6. The Hall–Kier alpha value is -2.33. The van der Waals surface area contributed by atoms with Crippen molar-refractivity contribution in [2.75, 3.05) is 18.4 Å². The van der Waals surface area contributed by atoms with Crippen molar-refractivity contribution in [1.82, 2.24) is 14.5 Å². The second-order valence-corrected chi connectivity index (χ2v) is 10.3. The topological polar surface area (TPSA) is 92.3 Å². The van der Waals surface area contributed by atoms with Crippen LogP contribution in [0.25, 0.3) is 0 Å². The zero-order chi connectivity index (χ0) is 21.1. The number of amides is 1. The number of hydrogen-bond acceptors (Lipinski definition) is 6. The normalized spacial score (nSPS) is 15.8. The Kier molecular flexibility index (Phi) is 6.14. The highest BCUT2D eigenvalue weighted by atomic mass is 35.5. The van der Waals surface area contributed by atoms with Crippen molar-refractivity contribution in [3.05, 3.63) is 69.6 Å². The number of rotatable bonds is 5. The van der Waals surface area contributed by atoms with E-state index in [2.05, 4.69) is 15.5 Å². The molecule has 1 fully saturated rings. The molecule has 10 heteroatoms. The summed E-state index contributed by atoms with van der Waals surface area (Å²) in [6, 6.07) is 15.4. The van der Waals surface area contributed by atoms with Gasteiger partial charge in [-0.1, -0.05) is 47.2 Å². The maximum Gasteiger partial charge on any atom is 0.286 e. The molecule has 0 bridgehead atoms. The van der Waals surface area contributed by atoms with Crippen LogP contribution >= 0.6 is 22.9 Å². The molecular formula is C20H19ClN4O3S2. The number of carbonyl (C=O) groups excluding carboxylic acids is 1. The highest BCUT2D eigenvalue weighted by molar-refractivity contribution is 7.89. The molecule has 1 N–H and O–H groups in total. The lowest BCUT2D eigenvalue weighted by atomic mass is 9.99. The number of piperidine rings is 1. The van der Waals surface area contributed by atoms with Gasteiger partial charge in [0.2, 0.25) is 15.0 Å². The van der Waals surface area contributed by atoms with Crippen LogP contribution in [0.3, 0.4) is 0 Å². The molecule has 0 unspecified atom stereocenters. The third-order valence-corrected chi connectivity index (χ3v) is 8.12. The van der Waals surface area contributed by atoms with E-state index in [1.165, 1.54) is 21.7 Å². The molecule has 1 aromatic heterocycles. The molecule has 0 spiro atoms. The van der Waals surface area contributed by atoms with Crippen LogP contribution < -0.4 is 5.32 Å². The lowest BCUT2D eigenvalue weighted by molar-refractivity contribution is 0.102. The molecule has 0 saturated carbocycles. The molecule has 1 saturated heterocycles. The van der Waals surface area contributed by atoms with Crippen LogP contribution in [0, 0.1) is 0 Å². The van der Waals surface area contributed by atoms with E-state index in [0.717, 1.165) is 5.01 Å². The number of hydrogen-bond donors (Lipinski definition) is 1. The minimum Gasteiger partial charge on any atom is -0.320 e. The minimum atomic E-state index is -3.58. The van der Waals surface area contributed by atoms with Crippen molar-refractivity contribution < 1.29 is 13.2 Å². The van der Waals surface area contributed by atoms with Gasteiger partial charge in [0.25, 0.3) is 5.91 Å². The fraction of sp³-hybridized carbons (Fsp3) is 0.250. The molecule has 4 rings (SSSR count). The lowest BCUT2D eigenvalue weighted by Gasteiger charge is -2.30. The number of anilines is 1. The molecule has 0 radical (unpaired) electrons.